The van der Waals surface area contributed by atoms with Gasteiger partial charge in [0.1, 0.15) is 8.07 Å². The molecule has 0 amide bonds. The number of benzene rings is 5. The number of rotatable bonds is 4. The maximum absolute atomic E-state index is 5.32. The fraction of sp³-hybridized carbons (Fsp3) is 0.0526. The van der Waals surface area contributed by atoms with E-state index in [1.165, 1.54) is 15.9 Å². The lowest BCUT2D eigenvalue weighted by Crippen LogP contribution is -2.50. The summed E-state index contributed by atoms with van der Waals surface area (Å²) in [5.41, 5.74) is 10.9. The first-order valence-corrected chi connectivity index (χ1v) is 17.6. The van der Waals surface area contributed by atoms with Gasteiger partial charge in [0.25, 0.3) is 0 Å². The molecule has 0 radical (unpaired) electrons. The number of fused-ring (bicyclic) bond motifs is 4. The minimum atomic E-state index is -2.01. The van der Waals surface area contributed by atoms with Gasteiger partial charge in [-0.05, 0) is 34.1 Å². The first-order valence-electron chi connectivity index (χ1n) is 14.6. The van der Waals surface area contributed by atoms with Gasteiger partial charge in [-0.2, -0.15) is 0 Å². The lowest BCUT2D eigenvalue weighted by atomic mass is 10.0. The fourth-order valence-electron chi connectivity index (χ4n) is 6.36. The average molecular weight is 569 g/mol. The Hall–Kier alpha value is -5.26. The Morgan fingerprint density at radius 3 is 1.63 bits per heavy atom. The smallest absolute Gasteiger partial charge is 0.160 e. The molecule has 0 unspecified atom stereocenters. The highest BCUT2D eigenvalue weighted by molar-refractivity contribution is 7.04. The molecule has 0 fully saturated rings. The monoisotopic (exact) mass is 568 g/mol. The maximum atomic E-state index is 5.32. The van der Waals surface area contributed by atoms with Crippen LogP contribution < -0.4 is 10.4 Å². The molecule has 5 heteroatoms. The fourth-order valence-corrected chi connectivity index (χ4v) is 9.59. The molecule has 1 aliphatic heterocycles. The normalized spacial score (nSPS) is 13.1. The molecule has 0 bridgehead atoms. The molecule has 0 spiro atoms. The van der Waals surface area contributed by atoms with Crippen LogP contribution in [0.5, 0.6) is 0 Å². The molecule has 4 nitrogen and oxygen atoms in total. The van der Waals surface area contributed by atoms with Crippen LogP contribution in [0.3, 0.4) is 0 Å². The summed E-state index contributed by atoms with van der Waals surface area (Å²) in [6, 6.07) is 46.1. The zero-order chi connectivity index (χ0) is 29.0. The van der Waals surface area contributed by atoms with Gasteiger partial charge in [-0.3, -0.25) is 0 Å². The van der Waals surface area contributed by atoms with Crippen LogP contribution in [0, 0.1) is 0 Å². The predicted octanol–water partition coefficient (Wildman–Crippen LogP) is 7.89. The van der Waals surface area contributed by atoms with E-state index in [1.54, 1.807) is 0 Å². The molecule has 7 aromatic rings. The molecule has 2 aromatic heterocycles. The number of aromatic nitrogens is 4. The lowest BCUT2D eigenvalue weighted by molar-refractivity contribution is 1.20. The van der Waals surface area contributed by atoms with Gasteiger partial charge in [-0.25, -0.2) is 19.9 Å². The topological polar surface area (TPSA) is 51.6 Å². The van der Waals surface area contributed by atoms with Gasteiger partial charge in [0, 0.05) is 22.3 Å². The van der Waals surface area contributed by atoms with Crippen molar-refractivity contribution < 1.29 is 0 Å². The standard InChI is InChI=1S/C38H28N4Si/c1-43(2)32-23-12-9-20-29(32)36-37(43)35(26-16-7-4-8-17-26)41-38(42-36)28-19-13-18-27(24-28)34-33(25-14-5-3-6-15-25)39-30-21-10-11-22-31(30)40-34/h3-24H,1-2H3. The Morgan fingerprint density at radius 2 is 0.930 bits per heavy atom. The van der Waals surface area contributed by atoms with E-state index in [4.69, 9.17) is 19.9 Å². The van der Waals surface area contributed by atoms with Crippen LogP contribution in [-0.2, 0) is 0 Å². The largest absolute Gasteiger partial charge is 0.244 e. The van der Waals surface area contributed by atoms with Gasteiger partial charge in [-0.1, -0.05) is 128 Å². The van der Waals surface area contributed by atoms with Crippen molar-refractivity contribution in [3.63, 3.8) is 0 Å². The van der Waals surface area contributed by atoms with E-state index in [9.17, 15) is 0 Å². The average Bonchev–Trinajstić information content (AvgIpc) is 3.31. The Morgan fingerprint density at radius 1 is 0.419 bits per heavy atom. The summed E-state index contributed by atoms with van der Waals surface area (Å²) in [5.74, 6) is 0.718. The molecule has 0 aliphatic carbocycles. The zero-order valence-electron chi connectivity index (χ0n) is 24.0. The van der Waals surface area contributed by atoms with Crippen molar-refractivity contribution in [1.29, 1.82) is 0 Å². The third kappa shape index (κ3) is 4.20. The molecule has 0 saturated heterocycles. The van der Waals surface area contributed by atoms with Crippen LogP contribution in [0.15, 0.2) is 133 Å². The van der Waals surface area contributed by atoms with Crippen molar-refractivity contribution in [2.75, 3.05) is 0 Å². The van der Waals surface area contributed by atoms with Crippen LogP contribution >= 0.6 is 0 Å². The molecular weight excluding hydrogens is 541 g/mol. The van der Waals surface area contributed by atoms with Gasteiger partial charge < -0.3 is 0 Å². The van der Waals surface area contributed by atoms with Crippen molar-refractivity contribution in [2.45, 2.75) is 13.1 Å². The summed E-state index contributed by atoms with van der Waals surface area (Å²) >= 11 is 0. The third-order valence-corrected chi connectivity index (χ3v) is 12.0. The summed E-state index contributed by atoms with van der Waals surface area (Å²) in [6.45, 7) is 4.83. The van der Waals surface area contributed by atoms with E-state index in [2.05, 4.69) is 104 Å². The van der Waals surface area contributed by atoms with E-state index in [1.807, 2.05) is 42.5 Å². The van der Waals surface area contributed by atoms with Crippen molar-refractivity contribution in [3.05, 3.63) is 133 Å². The summed E-state index contributed by atoms with van der Waals surface area (Å²) in [7, 11) is -2.01. The van der Waals surface area contributed by atoms with Gasteiger partial charge in [-0.15, -0.1) is 0 Å². The van der Waals surface area contributed by atoms with E-state index in [0.717, 1.165) is 61.9 Å². The zero-order valence-corrected chi connectivity index (χ0v) is 25.0. The van der Waals surface area contributed by atoms with Crippen molar-refractivity contribution in [2.24, 2.45) is 0 Å². The number of hydrogen-bond acceptors (Lipinski definition) is 4. The second-order valence-corrected chi connectivity index (χ2v) is 15.8. The van der Waals surface area contributed by atoms with Crippen LogP contribution in [-0.4, -0.2) is 28.0 Å². The first-order chi connectivity index (χ1) is 21.1. The maximum Gasteiger partial charge on any atom is 0.160 e. The van der Waals surface area contributed by atoms with Crippen LogP contribution in [0.4, 0.5) is 0 Å². The molecule has 3 heterocycles. The summed E-state index contributed by atoms with van der Waals surface area (Å²) in [5, 5.41) is 2.73. The number of nitrogens with zero attached hydrogens (tertiary/aromatic N) is 4. The van der Waals surface area contributed by atoms with E-state index in [0.29, 0.717) is 0 Å². The molecular formula is C38H28N4Si. The molecule has 0 N–H and O–H groups in total. The SMILES string of the molecule is C[Si]1(C)c2ccccc2-c2nc(-c3cccc(-c4nc5ccccc5nc4-c4ccccc4)c3)nc(-c3ccccc3)c21. The molecule has 204 valence electrons. The van der Waals surface area contributed by atoms with Crippen molar-refractivity contribution in [3.8, 4) is 56.4 Å². The quantitative estimate of drug-likeness (QED) is 0.203. The minimum Gasteiger partial charge on any atom is -0.244 e. The van der Waals surface area contributed by atoms with Crippen LogP contribution in [0.25, 0.3) is 67.5 Å². The summed E-state index contributed by atoms with van der Waals surface area (Å²) in [6.07, 6.45) is 0. The van der Waals surface area contributed by atoms with E-state index >= 15 is 0 Å². The summed E-state index contributed by atoms with van der Waals surface area (Å²) in [4.78, 5) is 20.8. The molecule has 1 aliphatic rings. The molecule has 5 aromatic carbocycles. The molecule has 43 heavy (non-hydrogen) atoms. The van der Waals surface area contributed by atoms with Gasteiger partial charge >= 0.3 is 0 Å². The Balaban J connectivity index is 1.35. The van der Waals surface area contributed by atoms with Crippen molar-refractivity contribution in [1.82, 2.24) is 19.9 Å². The second kappa shape index (κ2) is 9.93. The highest BCUT2D eigenvalue weighted by Gasteiger charge is 2.41. The van der Waals surface area contributed by atoms with E-state index in [-0.39, 0.29) is 0 Å². The third-order valence-electron chi connectivity index (χ3n) is 8.45. The van der Waals surface area contributed by atoms with Gasteiger partial charge in [0.2, 0.25) is 0 Å². The highest BCUT2D eigenvalue weighted by atomic mass is 28.3. The van der Waals surface area contributed by atoms with Crippen molar-refractivity contribution >= 4 is 29.5 Å². The lowest BCUT2D eigenvalue weighted by Gasteiger charge is -2.21. The van der Waals surface area contributed by atoms with Crippen LogP contribution in [0.1, 0.15) is 0 Å². The predicted molar refractivity (Wildman–Crippen MR) is 179 cm³/mol. The highest BCUT2D eigenvalue weighted by Crippen LogP contribution is 2.36. The molecule has 8 rings (SSSR count). The second-order valence-electron chi connectivity index (χ2n) is 11.5. The Bertz CT molecular complexity index is 2160. The number of para-hydroxylation sites is 2. The number of hydrogen-bond donors (Lipinski definition) is 0. The first kappa shape index (κ1) is 25.4. The molecule has 0 atom stereocenters. The van der Waals surface area contributed by atoms with Gasteiger partial charge in [0.05, 0.1) is 33.8 Å². The Kier molecular flexibility index (Phi) is 5.88. The van der Waals surface area contributed by atoms with Crippen LogP contribution in [0.2, 0.25) is 13.1 Å². The molecule has 0 saturated carbocycles. The Labute approximate surface area is 251 Å². The minimum absolute atomic E-state index is 0.718. The summed E-state index contributed by atoms with van der Waals surface area (Å²) < 4.78 is 0. The van der Waals surface area contributed by atoms with E-state index < -0.39 is 8.07 Å². The van der Waals surface area contributed by atoms with Gasteiger partial charge in [0.15, 0.2) is 5.82 Å².